The summed E-state index contributed by atoms with van der Waals surface area (Å²) in [6.07, 6.45) is 0.641. The average Bonchev–Trinajstić information content (AvgIpc) is 2.87. The molecule has 0 aromatic heterocycles. The molecule has 0 radical (unpaired) electrons. The van der Waals surface area contributed by atoms with Crippen molar-refractivity contribution in [3.63, 3.8) is 0 Å². The lowest BCUT2D eigenvalue weighted by molar-refractivity contribution is -0.142. The second-order valence-corrected chi connectivity index (χ2v) is 6.71. The minimum Gasteiger partial charge on any atom is -0.489 e. The van der Waals surface area contributed by atoms with Crippen LogP contribution in [0.15, 0.2) is 18.2 Å². The molecule has 2 rings (SSSR count). The standard InChI is InChI=1S/C17H25NO3/c1-11-6-7-15(13(8-11)17(2,3)4)21-12-9-14(18-10-12)16(19)20-5/h6-8,12,14,18H,9-10H2,1-5H3/t12-,14-/m0/s1. The second-order valence-electron chi connectivity index (χ2n) is 6.71. The third-order valence-electron chi connectivity index (χ3n) is 3.81. The zero-order valence-electron chi connectivity index (χ0n) is 13.5. The number of rotatable bonds is 3. The lowest BCUT2D eigenvalue weighted by atomic mass is 9.85. The van der Waals surface area contributed by atoms with Crippen molar-refractivity contribution in [3.8, 4) is 5.75 Å². The van der Waals surface area contributed by atoms with Gasteiger partial charge in [0.25, 0.3) is 0 Å². The molecule has 0 spiro atoms. The maximum absolute atomic E-state index is 11.5. The van der Waals surface area contributed by atoms with E-state index in [2.05, 4.69) is 45.1 Å². The van der Waals surface area contributed by atoms with Crippen LogP contribution in [-0.2, 0) is 14.9 Å². The zero-order chi connectivity index (χ0) is 15.6. The van der Waals surface area contributed by atoms with E-state index in [1.165, 1.54) is 18.2 Å². The first-order valence-electron chi connectivity index (χ1n) is 7.40. The Bertz CT molecular complexity index is 519. The summed E-state index contributed by atoms with van der Waals surface area (Å²) in [5.41, 5.74) is 2.45. The van der Waals surface area contributed by atoms with Gasteiger partial charge in [-0.1, -0.05) is 38.5 Å². The molecule has 1 heterocycles. The van der Waals surface area contributed by atoms with Gasteiger partial charge in [0, 0.05) is 13.0 Å². The summed E-state index contributed by atoms with van der Waals surface area (Å²) < 4.78 is 10.9. The Kier molecular flexibility index (Phi) is 4.57. The fourth-order valence-electron chi connectivity index (χ4n) is 2.63. The van der Waals surface area contributed by atoms with Gasteiger partial charge in [-0.2, -0.15) is 0 Å². The number of benzene rings is 1. The van der Waals surface area contributed by atoms with Crippen molar-refractivity contribution in [2.75, 3.05) is 13.7 Å². The lowest BCUT2D eigenvalue weighted by Crippen LogP contribution is -2.31. The Morgan fingerprint density at radius 3 is 2.67 bits per heavy atom. The second kappa shape index (κ2) is 6.06. The quantitative estimate of drug-likeness (QED) is 0.870. The van der Waals surface area contributed by atoms with Crippen LogP contribution in [0.25, 0.3) is 0 Å². The number of aryl methyl sites for hydroxylation is 1. The minimum absolute atomic E-state index is 0.00194. The molecular weight excluding hydrogens is 266 g/mol. The van der Waals surface area contributed by atoms with Crippen molar-refractivity contribution in [3.05, 3.63) is 29.3 Å². The fourth-order valence-corrected chi connectivity index (χ4v) is 2.63. The van der Waals surface area contributed by atoms with Gasteiger partial charge in [-0.3, -0.25) is 4.79 Å². The predicted octanol–water partition coefficient (Wildman–Crippen LogP) is 2.57. The molecule has 2 atom stereocenters. The van der Waals surface area contributed by atoms with E-state index in [9.17, 15) is 4.79 Å². The first-order valence-corrected chi connectivity index (χ1v) is 7.40. The van der Waals surface area contributed by atoms with Crippen molar-refractivity contribution in [1.82, 2.24) is 5.32 Å². The summed E-state index contributed by atoms with van der Waals surface area (Å²) in [5, 5.41) is 3.15. The van der Waals surface area contributed by atoms with Gasteiger partial charge in [0.2, 0.25) is 0 Å². The first kappa shape index (κ1) is 15.8. The van der Waals surface area contributed by atoms with Crippen LogP contribution in [-0.4, -0.2) is 31.8 Å². The Balaban J connectivity index is 2.12. The van der Waals surface area contributed by atoms with Crippen LogP contribution in [0, 0.1) is 6.92 Å². The Morgan fingerprint density at radius 2 is 2.05 bits per heavy atom. The van der Waals surface area contributed by atoms with Crippen molar-refractivity contribution in [1.29, 1.82) is 0 Å². The molecule has 4 nitrogen and oxygen atoms in total. The third kappa shape index (κ3) is 3.76. The number of esters is 1. The van der Waals surface area contributed by atoms with E-state index in [1.807, 2.05) is 6.07 Å². The predicted molar refractivity (Wildman–Crippen MR) is 82.7 cm³/mol. The monoisotopic (exact) mass is 291 g/mol. The molecule has 1 fully saturated rings. The van der Waals surface area contributed by atoms with Gasteiger partial charge in [0.15, 0.2) is 0 Å². The van der Waals surface area contributed by atoms with Gasteiger partial charge in [-0.05, 0) is 24.0 Å². The number of ether oxygens (including phenoxy) is 2. The number of hydrogen-bond acceptors (Lipinski definition) is 4. The molecule has 0 bridgehead atoms. The zero-order valence-corrected chi connectivity index (χ0v) is 13.5. The lowest BCUT2D eigenvalue weighted by Gasteiger charge is -2.25. The van der Waals surface area contributed by atoms with Crippen LogP contribution in [0.1, 0.15) is 38.3 Å². The first-order chi connectivity index (χ1) is 9.81. The Hall–Kier alpha value is -1.55. The molecule has 4 heteroatoms. The average molecular weight is 291 g/mol. The largest absolute Gasteiger partial charge is 0.489 e. The molecule has 0 saturated carbocycles. The highest BCUT2D eigenvalue weighted by molar-refractivity contribution is 5.76. The van der Waals surface area contributed by atoms with Crippen LogP contribution < -0.4 is 10.1 Å². The van der Waals surface area contributed by atoms with Gasteiger partial charge in [0.05, 0.1) is 7.11 Å². The maximum atomic E-state index is 11.5. The summed E-state index contributed by atoms with van der Waals surface area (Å²) in [5.74, 6) is 0.687. The minimum atomic E-state index is -0.261. The van der Waals surface area contributed by atoms with E-state index in [4.69, 9.17) is 9.47 Å². The van der Waals surface area contributed by atoms with Crippen LogP contribution in [0.2, 0.25) is 0 Å². The Morgan fingerprint density at radius 1 is 1.33 bits per heavy atom. The molecule has 0 unspecified atom stereocenters. The SMILES string of the molecule is COC(=O)[C@@H]1C[C@H](Oc2ccc(C)cc2C(C)(C)C)CN1. The van der Waals surface area contributed by atoms with E-state index in [-0.39, 0.29) is 23.5 Å². The molecule has 1 aromatic rings. The van der Waals surface area contributed by atoms with E-state index in [0.717, 1.165) is 5.75 Å². The van der Waals surface area contributed by atoms with Gasteiger partial charge < -0.3 is 14.8 Å². The topological polar surface area (TPSA) is 47.6 Å². The molecule has 116 valence electrons. The smallest absolute Gasteiger partial charge is 0.323 e. The highest BCUT2D eigenvalue weighted by atomic mass is 16.5. The number of hydrogen-bond donors (Lipinski definition) is 1. The van der Waals surface area contributed by atoms with Gasteiger partial charge in [0.1, 0.15) is 17.9 Å². The maximum Gasteiger partial charge on any atom is 0.323 e. The van der Waals surface area contributed by atoms with Crippen molar-refractivity contribution < 1.29 is 14.3 Å². The van der Waals surface area contributed by atoms with E-state index >= 15 is 0 Å². The summed E-state index contributed by atoms with van der Waals surface area (Å²) >= 11 is 0. The molecule has 0 amide bonds. The number of methoxy groups -OCH3 is 1. The number of carbonyl (C=O) groups is 1. The molecular formula is C17H25NO3. The van der Waals surface area contributed by atoms with Crippen molar-refractivity contribution in [2.24, 2.45) is 0 Å². The molecule has 1 N–H and O–H groups in total. The summed E-state index contributed by atoms with van der Waals surface area (Å²) in [4.78, 5) is 11.5. The molecule has 1 aliphatic heterocycles. The van der Waals surface area contributed by atoms with E-state index in [1.54, 1.807) is 0 Å². The van der Waals surface area contributed by atoms with Crippen LogP contribution >= 0.6 is 0 Å². The van der Waals surface area contributed by atoms with Crippen molar-refractivity contribution in [2.45, 2.75) is 51.7 Å². The van der Waals surface area contributed by atoms with Gasteiger partial charge >= 0.3 is 5.97 Å². The summed E-state index contributed by atoms with van der Waals surface area (Å²) in [6, 6.07) is 6.00. The highest BCUT2D eigenvalue weighted by Gasteiger charge is 2.32. The van der Waals surface area contributed by atoms with Gasteiger partial charge in [-0.15, -0.1) is 0 Å². The molecule has 1 aliphatic rings. The summed E-state index contributed by atoms with van der Waals surface area (Å²) in [6.45, 7) is 9.29. The number of nitrogens with one attached hydrogen (secondary N) is 1. The molecule has 1 aromatic carbocycles. The fraction of sp³-hybridized carbons (Fsp3) is 0.588. The molecule has 1 saturated heterocycles. The van der Waals surface area contributed by atoms with Gasteiger partial charge in [-0.25, -0.2) is 0 Å². The Labute approximate surface area is 126 Å². The normalized spacial score (nSPS) is 22.1. The van der Waals surface area contributed by atoms with Crippen molar-refractivity contribution >= 4 is 5.97 Å². The number of carbonyl (C=O) groups excluding carboxylic acids is 1. The molecule has 0 aliphatic carbocycles. The van der Waals surface area contributed by atoms with Crippen LogP contribution in [0.5, 0.6) is 5.75 Å². The van der Waals surface area contributed by atoms with Crippen LogP contribution in [0.3, 0.4) is 0 Å². The van der Waals surface area contributed by atoms with E-state index in [0.29, 0.717) is 13.0 Å². The highest BCUT2D eigenvalue weighted by Crippen LogP contribution is 2.33. The summed E-state index contributed by atoms with van der Waals surface area (Å²) in [7, 11) is 1.41. The van der Waals surface area contributed by atoms with Crippen LogP contribution in [0.4, 0.5) is 0 Å². The third-order valence-corrected chi connectivity index (χ3v) is 3.81. The van der Waals surface area contributed by atoms with E-state index < -0.39 is 0 Å². The molecule has 21 heavy (non-hydrogen) atoms.